The molecule has 0 aromatic rings. The molecule has 1 unspecified atom stereocenters. The smallest absolute Gasteiger partial charge is 0.334 e. The van der Waals surface area contributed by atoms with Crippen LogP contribution in [0.5, 0.6) is 0 Å². The van der Waals surface area contributed by atoms with Gasteiger partial charge in [0.1, 0.15) is 6.10 Å². The highest BCUT2D eigenvalue weighted by molar-refractivity contribution is 6.65. The lowest BCUT2D eigenvalue weighted by molar-refractivity contribution is 0.113. The largest absolute Gasteiger partial charge is 0.398 e. The summed E-state index contributed by atoms with van der Waals surface area (Å²) in [5.41, 5.74) is 0. The molecule has 0 bridgehead atoms. The van der Waals surface area contributed by atoms with Crippen molar-refractivity contribution in [3.63, 3.8) is 0 Å². The Morgan fingerprint density at radius 1 is 0.731 bits per heavy atom. The van der Waals surface area contributed by atoms with Crippen molar-refractivity contribution in [3.05, 3.63) is 0 Å². The highest BCUT2D eigenvalue weighted by atomic mass is 28.4. The van der Waals surface area contributed by atoms with E-state index in [0.717, 1.165) is 25.9 Å². The fourth-order valence-corrected chi connectivity index (χ4v) is 4.73. The summed E-state index contributed by atoms with van der Waals surface area (Å²) in [7, 11) is 1.76. The van der Waals surface area contributed by atoms with Crippen LogP contribution in [0.2, 0.25) is 12.6 Å². The first-order valence-corrected chi connectivity index (χ1v) is 13.5. The van der Waals surface area contributed by atoms with Crippen LogP contribution < -0.4 is 0 Å². The van der Waals surface area contributed by atoms with Gasteiger partial charge in [-0.05, 0) is 19.0 Å². The van der Waals surface area contributed by atoms with Crippen LogP contribution in [0.3, 0.4) is 0 Å². The van der Waals surface area contributed by atoms with Crippen molar-refractivity contribution in [3.8, 4) is 0 Å². The molecular weight excluding hydrogens is 344 g/mol. The summed E-state index contributed by atoms with van der Waals surface area (Å²) in [5.74, 6) is 0. The second-order valence-corrected chi connectivity index (χ2v) is 11.5. The third kappa shape index (κ3) is 14.2. The minimum Gasteiger partial charge on any atom is -0.398 e. The maximum Gasteiger partial charge on any atom is 0.334 e. The second kappa shape index (κ2) is 16.1. The van der Waals surface area contributed by atoms with Gasteiger partial charge in [-0.3, -0.25) is 0 Å². The molecule has 0 N–H and O–H groups in total. The van der Waals surface area contributed by atoms with Gasteiger partial charge in [0, 0.05) is 20.8 Å². The maximum atomic E-state index is 5.56. The molecule has 1 atom stereocenters. The molecule has 1 aliphatic rings. The Morgan fingerprint density at radius 3 is 1.58 bits per heavy atom. The number of epoxide rings is 1. The third-order valence-corrected chi connectivity index (χ3v) is 8.48. The number of hydrogen-bond donors (Lipinski definition) is 0. The predicted octanol–water partition coefficient (Wildman–Crippen LogP) is 5.84. The quantitative estimate of drug-likeness (QED) is 0.149. The predicted molar refractivity (Wildman–Crippen MR) is 111 cm³/mol. The summed E-state index contributed by atoms with van der Waals surface area (Å²) >= 11 is 0. The Labute approximate surface area is 163 Å². The monoisotopic (exact) mass is 388 g/mol. The van der Waals surface area contributed by atoms with Gasteiger partial charge in [0.2, 0.25) is 0 Å². The maximum absolute atomic E-state index is 5.56. The Morgan fingerprint density at radius 2 is 1.15 bits per heavy atom. The summed E-state index contributed by atoms with van der Waals surface area (Å²) in [4.78, 5) is 0. The van der Waals surface area contributed by atoms with Gasteiger partial charge >= 0.3 is 8.56 Å². The van der Waals surface area contributed by atoms with Gasteiger partial charge in [0.15, 0.2) is 0 Å². The second-order valence-electron chi connectivity index (χ2n) is 7.92. The van der Waals surface area contributed by atoms with Crippen LogP contribution in [0.15, 0.2) is 0 Å². The highest BCUT2D eigenvalue weighted by Gasteiger charge is 2.27. The van der Waals surface area contributed by atoms with Gasteiger partial charge in [0.05, 0.1) is 13.2 Å². The Balaban J connectivity index is 1.68. The number of hydrogen-bond acceptors (Lipinski definition) is 4. The molecule has 26 heavy (non-hydrogen) atoms. The Hall–Kier alpha value is 0.0569. The average molecular weight is 389 g/mol. The van der Waals surface area contributed by atoms with E-state index in [0.29, 0.717) is 6.10 Å². The van der Waals surface area contributed by atoms with Crippen LogP contribution in [0.4, 0.5) is 0 Å². The summed E-state index contributed by atoms with van der Waals surface area (Å²) in [6.07, 6.45) is 18.1. The fraction of sp³-hybridized carbons (Fsp3) is 1.00. The summed E-state index contributed by atoms with van der Waals surface area (Å²) in [6.45, 7) is 4.79. The summed E-state index contributed by atoms with van der Waals surface area (Å²) < 4.78 is 21.7. The molecule has 0 spiro atoms. The van der Waals surface area contributed by atoms with Gasteiger partial charge in [-0.25, -0.2) is 0 Å². The number of ether oxygens (including phenoxy) is 2. The molecule has 1 fully saturated rings. The normalized spacial score (nSPS) is 17.0. The molecule has 0 aromatic heterocycles. The van der Waals surface area contributed by atoms with E-state index in [1.54, 1.807) is 14.2 Å². The first-order valence-electron chi connectivity index (χ1n) is 11.0. The molecule has 0 saturated carbocycles. The van der Waals surface area contributed by atoms with Crippen LogP contribution in [0.25, 0.3) is 0 Å². The van der Waals surface area contributed by atoms with Gasteiger partial charge in [-0.15, -0.1) is 0 Å². The molecule has 4 nitrogen and oxygen atoms in total. The third-order valence-electron chi connectivity index (χ3n) is 5.49. The van der Waals surface area contributed by atoms with E-state index in [9.17, 15) is 0 Å². The fourth-order valence-electron chi connectivity index (χ4n) is 3.26. The molecule has 0 amide bonds. The van der Waals surface area contributed by atoms with E-state index in [2.05, 4.69) is 6.55 Å². The van der Waals surface area contributed by atoms with Crippen molar-refractivity contribution in [1.29, 1.82) is 0 Å². The molecule has 1 aliphatic heterocycles. The van der Waals surface area contributed by atoms with Crippen LogP contribution in [-0.2, 0) is 18.3 Å². The van der Waals surface area contributed by atoms with E-state index < -0.39 is 8.56 Å². The van der Waals surface area contributed by atoms with Gasteiger partial charge in [-0.2, -0.15) is 0 Å². The zero-order chi connectivity index (χ0) is 18.9. The van der Waals surface area contributed by atoms with Crippen LogP contribution >= 0.6 is 0 Å². The zero-order valence-electron chi connectivity index (χ0n) is 17.7. The number of unbranched alkanes of at least 4 members (excludes halogenated alkanes) is 12. The molecule has 0 aliphatic carbocycles. The SMILES string of the molecule is CO[Si](C)(CCCCCCCCCCCCCCCOCC1CO1)OC. The van der Waals surface area contributed by atoms with Crippen LogP contribution in [-0.4, -0.2) is 48.7 Å². The van der Waals surface area contributed by atoms with E-state index >= 15 is 0 Å². The van der Waals surface area contributed by atoms with E-state index in [-0.39, 0.29) is 0 Å². The molecular formula is C21H44O4Si. The van der Waals surface area contributed by atoms with Crippen molar-refractivity contribution >= 4 is 8.56 Å². The van der Waals surface area contributed by atoms with E-state index in [1.165, 1.54) is 83.5 Å². The molecule has 1 rings (SSSR count). The van der Waals surface area contributed by atoms with E-state index in [4.69, 9.17) is 18.3 Å². The lowest BCUT2D eigenvalue weighted by atomic mass is 10.0. The topological polar surface area (TPSA) is 40.2 Å². The minimum atomic E-state index is -1.82. The van der Waals surface area contributed by atoms with E-state index in [1.807, 2.05) is 0 Å². The van der Waals surface area contributed by atoms with Gasteiger partial charge in [0.25, 0.3) is 0 Å². The van der Waals surface area contributed by atoms with Gasteiger partial charge in [-0.1, -0.05) is 77.0 Å². The highest BCUT2D eigenvalue weighted by Crippen LogP contribution is 2.18. The Kier molecular flexibility index (Phi) is 14.9. The van der Waals surface area contributed by atoms with Crippen molar-refractivity contribution in [2.24, 2.45) is 0 Å². The molecule has 0 radical (unpaired) electrons. The van der Waals surface area contributed by atoms with Crippen LogP contribution in [0, 0.1) is 0 Å². The molecule has 1 saturated heterocycles. The standard InChI is InChI=1S/C21H44O4Si/c1-22-26(3,23-2)18-16-14-12-10-8-6-4-5-7-9-11-13-15-17-24-19-21-20-25-21/h21H,4-20H2,1-3H3. The lowest BCUT2D eigenvalue weighted by Gasteiger charge is -2.22. The minimum absolute atomic E-state index is 0.416. The first-order chi connectivity index (χ1) is 12.7. The van der Waals surface area contributed by atoms with Crippen molar-refractivity contribution in [1.82, 2.24) is 0 Å². The summed E-state index contributed by atoms with van der Waals surface area (Å²) in [5, 5.41) is 0. The van der Waals surface area contributed by atoms with Gasteiger partial charge < -0.3 is 18.3 Å². The number of rotatable bonds is 20. The average Bonchev–Trinajstić information content (AvgIpc) is 3.48. The Bertz CT molecular complexity index is 306. The summed E-state index contributed by atoms with van der Waals surface area (Å²) in [6, 6.07) is 1.13. The lowest BCUT2D eigenvalue weighted by Crippen LogP contribution is -2.35. The van der Waals surface area contributed by atoms with Crippen molar-refractivity contribution in [2.75, 3.05) is 34.0 Å². The van der Waals surface area contributed by atoms with Crippen LogP contribution in [0.1, 0.15) is 83.5 Å². The zero-order valence-corrected chi connectivity index (χ0v) is 18.7. The molecule has 1 heterocycles. The molecule has 156 valence electrons. The molecule has 0 aromatic carbocycles. The van der Waals surface area contributed by atoms with Crippen molar-refractivity contribution < 1.29 is 18.3 Å². The molecule has 5 heteroatoms. The first kappa shape index (κ1) is 24.1. The van der Waals surface area contributed by atoms with Crippen molar-refractivity contribution in [2.45, 2.75) is 102 Å².